The van der Waals surface area contributed by atoms with Crippen LogP contribution in [0.2, 0.25) is 0 Å². The van der Waals surface area contributed by atoms with Gasteiger partial charge in [0.05, 0.1) is 11.7 Å². The maximum absolute atomic E-state index is 10.9. The lowest BCUT2D eigenvalue weighted by Crippen LogP contribution is -2.23. The minimum absolute atomic E-state index is 0.00827. The fourth-order valence-electron chi connectivity index (χ4n) is 1.49. The van der Waals surface area contributed by atoms with E-state index in [4.69, 9.17) is 10.8 Å². The van der Waals surface area contributed by atoms with Crippen molar-refractivity contribution < 1.29 is 20.1 Å². The molecule has 2 unspecified atom stereocenters. The van der Waals surface area contributed by atoms with Gasteiger partial charge < -0.3 is 21.1 Å². The van der Waals surface area contributed by atoms with Crippen LogP contribution in [0.5, 0.6) is 0 Å². The molecule has 2 atom stereocenters. The molecule has 0 fully saturated rings. The Balaban J connectivity index is 2.98. The topological polar surface area (TPSA) is 104 Å². The Morgan fingerprint density at radius 3 is 2.50 bits per heavy atom. The van der Waals surface area contributed by atoms with E-state index in [0.717, 1.165) is 0 Å². The van der Waals surface area contributed by atoms with Crippen molar-refractivity contribution in [1.29, 1.82) is 0 Å². The number of hydrogen-bond donors (Lipinski definition) is 4. The van der Waals surface area contributed by atoms with Gasteiger partial charge in [-0.15, -0.1) is 0 Å². The van der Waals surface area contributed by atoms with Crippen molar-refractivity contribution in [2.45, 2.75) is 18.6 Å². The van der Waals surface area contributed by atoms with Crippen molar-refractivity contribution in [3.8, 4) is 0 Å². The number of hydrogen-bond acceptors (Lipinski definition) is 4. The lowest BCUT2D eigenvalue weighted by molar-refractivity contribution is 0.0141. The fourth-order valence-corrected chi connectivity index (χ4v) is 1.49. The van der Waals surface area contributed by atoms with Crippen LogP contribution < -0.4 is 5.73 Å². The molecule has 0 spiro atoms. The Hall–Kier alpha value is -1.43. The minimum atomic E-state index is -1.23. The molecule has 0 aromatic heterocycles. The van der Waals surface area contributed by atoms with Gasteiger partial charge in [0.15, 0.2) is 0 Å². The first-order valence-electron chi connectivity index (χ1n) is 4.96. The molecular weight excluding hydrogens is 210 g/mol. The molecule has 5 heteroatoms. The number of aliphatic hydroxyl groups excluding tert-OH is 2. The summed E-state index contributed by atoms with van der Waals surface area (Å²) < 4.78 is 0. The largest absolute Gasteiger partial charge is 0.478 e. The Labute approximate surface area is 93.1 Å². The highest BCUT2D eigenvalue weighted by Gasteiger charge is 2.22. The van der Waals surface area contributed by atoms with E-state index in [2.05, 4.69) is 0 Å². The summed E-state index contributed by atoms with van der Waals surface area (Å²) in [6, 6.07) is 6.04. The Morgan fingerprint density at radius 2 is 1.94 bits per heavy atom. The zero-order valence-corrected chi connectivity index (χ0v) is 8.71. The van der Waals surface area contributed by atoms with Crippen molar-refractivity contribution in [2.24, 2.45) is 5.73 Å². The van der Waals surface area contributed by atoms with Gasteiger partial charge in [0.1, 0.15) is 6.10 Å². The van der Waals surface area contributed by atoms with Crippen LogP contribution in [-0.2, 0) is 0 Å². The summed E-state index contributed by atoms with van der Waals surface area (Å²) in [5.74, 6) is -1.13. The molecule has 0 aliphatic carbocycles. The molecule has 0 saturated heterocycles. The first-order valence-corrected chi connectivity index (χ1v) is 4.96. The molecule has 0 heterocycles. The van der Waals surface area contributed by atoms with Crippen LogP contribution in [0, 0.1) is 0 Å². The summed E-state index contributed by atoms with van der Waals surface area (Å²) in [5, 5.41) is 28.2. The average Bonchev–Trinajstić information content (AvgIpc) is 2.28. The highest BCUT2D eigenvalue weighted by molar-refractivity contribution is 5.89. The van der Waals surface area contributed by atoms with Gasteiger partial charge in [-0.1, -0.05) is 18.2 Å². The van der Waals surface area contributed by atoms with Crippen molar-refractivity contribution >= 4 is 5.97 Å². The predicted molar refractivity (Wildman–Crippen MR) is 58.0 cm³/mol. The van der Waals surface area contributed by atoms with Gasteiger partial charge in [0.2, 0.25) is 0 Å². The molecule has 1 rings (SSSR count). The van der Waals surface area contributed by atoms with Crippen LogP contribution in [0.3, 0.4) is 0 Å². The van der Waals surface area contributed by atoms with E-state index in [1.165, 1.54) is 12.1 Å². The molecule has 0 bridgehead atoms. The van der Waals surface area contributed by atoms with Crippen LogP contribution in [0.4, 0.5) is 0 Å². The summed E-state index contributed by atoms with van der Waals surface area (Å²) in [6.45, 7) is 0.230. The second kappa shape index (κ2) is 5.60. The Morgan fingerprint density at radius 1 is 1.31 bits per heavy atom. The number of nitrogens with two attached hydrogens (primary N) is 1. The van der Waals surface area contributed by atoms with Gasteiger partial charge in [0.25, 0.3) is 0 Å². The zero-order chi connectivity index (χ0) is 12.1. The number of benzene rings is 1. The molecular formula is C11H15NO4. The van der Waals surface area contributed by atoms with Gasteiger partial charge in [-0.05, 0) is 24.6 Å². The van der Waals surface area contributed by atoms with E-state index in [0.29, 0.717) is 0 Å². The zero-order valence-electron chi connectivity index (χ0n) is 8.71. The van der Waals surface area contributed by atoms with E-state index in [9.17, 15) is 15.0 Å². The summed E-state index contributed by atoms with van der Waals surface area (Å²) in [7, 11) is 0. The number of rotatable bonds is 5. The summed E-state index contributed by atoms with van der Waals surface area (Å²) >= 11 is 0. The molecule has 16 heavy (non-hydrogen) atoms. The number of carboxylic acid groups (broad SMARTS) is 1. The molecule has 0 radical (unpaired) electrons. The average molecular weight is 225 g/mol. The van der Waals surface area contributed by atoms with Gasteiger partial charge in [0, 0.05) is 0 Å². The molecule has 0 saturated carbocycles. The summed E-state index contributed by atoms with van der Waals surface area (Å²) in [4.78, 5) is 10.9. The van der Waals surface area contributed by atoms with E-state index in [1.54, 1.807) is 12.1 Å². The molecule has 88 valence electrons. The van der Waals surface area contributed by atoms with Crippen LogP contribution in [0.1, 0.15) is 28.4 Å². The summed E-state index contributed by atoms with van der Waals surface area (Å²) in [5.41, 5.74) is 5.45. The lowest BCUT2D eigenvalue weighted by atomic mass is 9.97. The maximum Gasteiger partial charge on any atom is 0.336 e. The van der Waals surface area contributed by atoms with Gasteiger partial charge >= 0.3 is 5.97 Å². The molecule has 1 aromatic carbocycles. The van der Waals surface area contributed by atoms with Crippen molar-refractivity contribution in [2.75, 3.05) is 6.54 Å². The third-order valence-corrected chi connectivity index (χ3v) is 2.34. The molecule has 1 aromatic rings. The van der Waals surface area contributed by atoms with Gasteiger partial charge in [-0.25, -0.2) is 4.79 Å². The van der Waals surface area contributed by atoms with Crippen LogP contribution in [0.15, 0.2) is 24.3 Å². The van der Waals surface area contributed by atoms with Crippen LogP contribution in [-0.4, -0.2) is 33.9 Å². The van der Waals surface area contributed by atoms with Crippen LogP contribution in [0.25, 0.3) is 0 Å². The maximum atomic E-state index is 10.9. The second-order valence-corrected chi connectivity index (χ2v) is 3.48. The molecule has 5 N–H and O–H groups in total. The third kappa shape index (κ3) is 2.79. The highest BCUT2D eigenvalue weighted by atomic mass is 16.4. The van der Waals surface area contributed by atoms with E-state index >= 15 is 0 Å². The number of aliphatic hydroxyl groups is 2. The molecule has 0 aliphatic heterocycles. The SMILES string of the molecule is NCCC(O)C(O)c1ccccc1C(=O)O. The molecule has 5 nitrogen and oxygen atoms in total. The number of carbonyl (C=O) groups is 1. The van der Waals surface area contributed by atoms with Gasteiger partial charge in [-0.3, -0.25) is 0 Å². The first kappa shape index (κ1) is 12.6. The van der Waals surface area contributed by atoms with E-state index in [1.807, 2.05) is 0 Å². The highest BCUT2D eigenvalue weighted by Crippen LogP contribution is 2.22. The minimum Gasteiger partial charge on any atom is -0.478 e. The number of aromatic carboxylic acids is 1. The lowest BCUT2D eigenvalue weighted by Gasteiger charge is -2.18. The fraction of sp³-hybridized carbons (Fsp3) is 0.364. The normalized spacial score (nSPS) is 14.4. The molecule has 0 amide bonds. The van der Waals surface area contributed by atoms with Crippen molar-refractivity contribution in [1.82, 2.24) is 0 Å². The predicted octanol–water partition coefficient (Wildman–Crippen LogP) is 0.128. The van der Waals surface area contributed by atoms with E-state index in [-0.39, 0.29) is 24.1 Å². The monoisotopic (exact) mass is 225 g/mol. The van der Waals surface area contributed by atoms with Crippen LogP contribution >= 0.6 is 0 Å². The Kier molecular flexibility index (Phi) is 4.42. The number of carboxylic acids is 1. The smallest absolute Gasteiger partial charge is 0.336 e. The van der Waals surface area contributed by atoms with Crippen molar-refractivity contribution in [3.63, 3.8) is 0 Å². The second-order valence-electron chi connectivity index (χ2n) is 3.48. The molecule has 0 aliphatic rings. The summed E-state index contributed by atoms with van der Waals surface area (Å²) in [6.07, 6.45) is -2.06. The standard InChI is InChI=1S/C11H15NO4/c12-6-5-9(13)10(14)7-3-1-2-4-8(7)11(15)16/h1-4,9-10,13-14H,5-6,12H2,(H,15,16). The Bertz CT molecular complexity index is 367. The third-order valence-electron chi connectivity index (χ3n) is 2.34. The van der Waals surface area contributed by atoms with Gasteiger partial charge in [-0.2, -0.15) is 0 Å². The first-order chi connectivity index (χ1) is 7.57. The van der Waals surface area contributed by atoms with E-state index < -0.39 is 18.2 Å². The van der Waals surface area contributed by atoms with Crippen molar-refractivity contribution in [3.05, 3.63) is 35.4 Å². The quantitative estimate of drug-likeness (QED) is 0.570.